The average Bonchev–Trinajstić information content (AvgIpc) is 3.55. The van der Waals surface area contributed by atoms with Gasteiger partial charge in [0.2, 0.25) is 27.6 Å². The maximum Gasteiger partial charge on any atom is 0.410 e. The number of nitrogens with zero attached hydrogens (tertiary/aromatic N) is 3. The minimum Gasteiger partial charge on any atom is -0.444 e. The van der Waals surface area contributed by atoms with Crippen molar-refractivity contribution in [2.24, 2.45) is 16.7 Å². The highest BCUT2D eigenvalue weighted by molar-refractivity contribution is 7.88. The molecule has 4 rings (SSSR count). The van der Waals surface area contributed by atoms with Gasteiger partial charge in [0.05, 0.1) is 18.8 Å². The van der Waals surface area contributed by atoms with E-state index in [-0.39, 0.29) is 38.4 Å². The first-order valence-electron chi connectivity index (χ1n) is 20.0. The molecular formula is C41H63N7O9S. The summed E-state index contributed by atoms with van der Waals surface area (Å²) in [6.07, 6.45) is 4.48. The van der Waals surface area contributed by atoms with E-state index >= 15 is 0 Å². The molecule has 2 aliphatic heterocycles. The fourth-order valence-corrected chi connectivity index (χ4v) is 7.71. The lowest BCUT2D eigenvalue weighted by atomic mass is 9.80. The van der Waals surface area contributed by atoms with Gasteiger partial charge < -0.3 is 35.8 Å². The number of ether oxygens (including phenoxy) is 1. The molecule has 2 heterocycles. The summed E-state index contributed by atoms with van der Waals surface area (Å²) in [5, 5.41) is 10.9. The van der Waals surface area contributed by atoms with Crippen molar-refractivity contribution in [1.29, 1.82) is 0 Å². The highest BCUT2D eigenvalue weighted by Gasteiger charge is 2.47. The van der Waals surface area contributed by atoms with Crippen LogP contribution in [-0.2, 0) is 46.9 Å². The maximum absolute atomic E-state index is 14.7. The molecule has 322 valence electrons. The summed E-state index contributed by atoms with van der Waals surface area (Å²) >= 11 is 0. The number of hydrogen-bond acceptors (Lipinski definition) is 9. The summed E-state index contributed by atoms with van der Waals surface area (Å²) in [4.78, 5) is 85.3. The Balaban J connectivity index is 1.60. The Morgan fingerprint density at radius 3 is 2.21 bits per heavy atom. The fourth-order valence-electron chi connectivity index (χ4n) is 7.29. The number of urea groups is 1. The second-order valence-corrected chi connectivity index (χ2v) is 20.1. The van der Waals surface area contributed by atoms with Gasteiger partial charge in [0.1, 0.15) is 18.2 Å². The zero-order valence-electron chi connectivity index (χ0n) is 35.3. The summed E-state index contributed by atoms with van der Waals surface area (Å²) in [6, 6.07) is 2.86. The van der Waals surface area contributed by atoms with Gasteiger partial charge >= 0.3 is 12.1 Å². The van der Waals surface area contributed by atoms with Gasteiger partial charge in [-0.1, -0.05) is 91.1 Å². The second kappa shape index (κ2) is 19.0. The summed E-state index contributed by atoms with van der Waals surface area (Å²) in [6.45, 7) is 15.0. The van der Waals surface area contributed by atoms with Crippen molar-refractivity contribution in [3.05, 3.63) is 48.0 Å². The second-order valence-electron chi connectivity index (χ2n) is 18.0. The number of likely N-dealkylation sites (N-methyl/N-ethyl adjacent to an activating group) is 1. The van der Waals surface area contributed by atoms with Crippen LogP contribution in [0.4, 0.5) is 9.59 Å². The zero-order chi connectivity index (χ0) is 43.2. The molecule has 0 radical (unpaired) electrons. The van der Waals surface area contributed by atoms with Crippen molar-refractivity contribution < 1.29 is 41.9 Å². The quantitative estimate of drug-likeness (QED) is 0.151. The smallest absolute Gasteiger partial charge is 0.410 e. The normalized spacial score (nSPS) is 20.2. The molecule has 6 amide bonds. The molecule has 0 aromatic heterocycles. The van der Waals surface area contributed by atoms with E-state index in [4.69, 9.17) is 4.74 Å². The first kappa shape index (κ1) is 46.2. The van der Waals surface area contributed by atoms with Crippen molar-refractivity contribution in [3.8, 4) is 0 Å². The van der Waals surface area contributed by atoms with E-state index in [0.717, 1.165) is 41.0 Å². The standard InChI is InChI=1S/C41H63N7O9S/c1-10-19-42-36(51)33(49)30(21-26-14-13-15-26)43-35(50)31-22-29(57-39(54)47-20-18-27-16-11-12-17-28(27)23-47)24-48(31)37(52)34(41(5,6)7)45-38(53)44-32(40(2,3)4)25-46(8)58(9,55)56/h10-12,16-17,26,29-32,34H,1,13-15,18-25H2,2-9H3,(H,42,51)(H,43,50)(H2,44,45,53)/t29-,30?,31+,32-,34?/m1/s1. The third-order valence-corrected chi connectivity index (χ3v) is 12.6. The molecule has 3 aliphatic rings. The predicted octanol–water partition coefficient (Wildman–Crippen LogP) is 2.72. The van der Waals surface area contributed by atoms with Gasteiger partial charge in [-0.25, -0.2) is 22.3 Å². The predicted molar refractivity (Wildman–Crippen MR) is 219 cm³/mol. The van der Waals surface area contributed by atoms with E-state index in [0.29, 0.717) is 19.5 Å². The van der Waals surface area contributed by atoms with Crippen LogP contribution in [0.1, 0.15) is 84.8 Å². The van der Waals surface area contributed by atoms with E-state index in [2.05, 4.69) is 27.8 Å². The number of rotatable bonds is 15. The number of fused-ring (bicyclic) bond motifs is 1. The van der Waals surface area contributed by atoms with Crippen molar-refractivity contribution in [3.63, 3.8) is 0 Å². The number of ketones is 1. The molecule has 1 saturated heterocycles. The van der Waals surface area contributed by atoms with Crippen LogP contribution in [-0.4, -0.2) is 128 Å². The third kappa shape index (κ3) is 12.3. The van der Waals surface area contributed by atoms with Gasteiger partial charge in [0, 0.05) is 45.7 Å². The third-order valence-electron chi connectivity index (χ3n) is 11.3. The Morgan fingerprint density at radius 1 is 0.983 bits per heavy atom. The lowest BCUT2D eigenvalue weighted by molar-refractivity contribution is -0.144. The Labute approximate surface area is 343 Å². The number of nitrogens with one attached hydrogen (secondary N) is 4. The molecule has 2 fully saturated rings. The van der Waals surface area contributed by atoms with Crippen LogP contribution >= 0.6 is 0 Å². The number of sulfonamides is 1. The number of hydrogen-bond donors (Lipinski definition) is 4. The van der Waals surface area contributed by atoms with Crippen LogP contribution in [0.25, 0.3) is 0 Å². The Morgan fingerprint density at radius 2 is 1.64 bits per heavy atom. The Hall–Kier alpha value is -4.51. The van der Waals surface area contributed by atoms with E-state index in [1.165, 1.54) is 18.0 Å². The molecule has 5 atom stereocenters. The minimum absolute atomic E-state index is 0.0275. The molecule has 1 aromatic carbocycles. The molecule has 58 heavy (non-hydrogen) atoms. The molecule has 16 nitrogen and oxygen atoms in total. The SMILES string of the molecule is C=CCNC(=O)C(=O)C(CC1CCC1)NC(=O)[C@@H]1C[C@@H](OC(=O)N2CCc3ccccc3C2)CN1C(=O)C(NC(=O)N[C@H](CN(C)S(C)(=O)=O)C(C)(C)C)C(C)(C)C. The van der Waals surface area contributed by atoms with E-state index in [1.807, 2.05) is 45.0 Å². The van der Waals surface area contributed by atoms with Gasteiger partial charge in [-0.3, -0.25) is 19.2 Å². The number of Topliss-reactive ketones (excluding diaryl/α,β-unsaturated/α-hetero) is 1. The zero-order valence-corrected chi connectivity index (χ0v) is 36.1. The fraction of sp³-hybridized carbons (Fsp3) is 0.659. The maximum atomic E-state index is 14.7. The number of amides is 6. The topological polar surface area (TPSA) is 204 Å². The van der Waals surface area contributed by atoms with Gasteiger partial charge in [-0.2, -0.15) is 0 Å². The largest absolute Gasteiger partial charge is 0.444 e. The van der Waals surface area contributed by atoms with Gasteiger partial charge in [-0.05, 0) is 40.7 Å². The number of benzene rings is 1. The molecule has 4 N–H and O–H groups in total. The van der Waals surface area contributed by atoms with E-state index in [9.17, 15) is 37.2 Å². The van der Waals surface area contributed by atoms with Crippen LogP contribution < -0.4 is 21.3 Å². The summed E-state index contributed by atoms with van der Waals surface area (Å²) in [7, 11) is -2.15. The van der Waals surface area contributed by atoms with Crippen molar-refractivity contribution in [1.82, 2.24) is 35.4 Å². The highest BCUT2D eigenvalue weighted by atomic mass is 32.2. The number of carbonyl (C=O) groups is 6. The van der Waals surface area contributed by atoms with Crippen molar-refractivity contribution in [2.75, 3.05) is 39.5 Å². The van der Waals surface area contributed by atoms with Gasteiger partial charge in [-0.15, -0.1) is 6.58 Å². The molecule has 1 aromatic rings. The van der Waals surface area contributed by atoms with Crippen LogP contribution in [0.15, 0.2) is 36.9 Å². The molecule has 0 spiro atoms. The first-order chi connectivity index (χ1) is 27.0. The van der Waals surface area contributed by atoms with E-state index in [1.54, 1.807) is 25.7 Å². The first-order valence-corrected chi connectivity index (χ1v) is 21.9. The molecule has 2 unspecified atom stereocenters. The summed E-state index contributed by atoms with van der Waals surface area (Å²) in [5.41, 5.74) is 0.655. The van der Waals surface area contributed by atoms with Crippen LogP contribution in [0.3, 0.4) is 0 Å². The van der Waals surface area contributed by atoms with Crippen molar-refractivity contribution >= 4 is 45.7 Å². The minimum atomic E-state index is -3.57. The molecule has 1 saturated carbocycles. The monoisotopic (exact) mass is 829 g/mol. The van der Waals surface area contributed by atoms with Crippen molar-refractivity contribution in [2.45, 2.75) is 117 Å². The van der Waals surface area contributed by atoms with Gasteiger partial charge in [0.25, 0.3) is 5.91 Å². The Bertz CT molecular complexity index is 1820. The van der Waals surface area contributed by atoms with Crippen LogP contribution in [0, 0.1) is 16.7 Å². The van der Waals surface area contributed by atoms with Gasteiger partial charge in [0.15, 0.2) is 0 Å². The van der Waals surface area contributed by atoms with E-state index < -0.39 is 86.8 Å². The summed E-state index contributed by atoms with van der Waals surface area (Å²) in [5.74, 6) is -2.86. The van der Waals surface area contributed by atoms with Crippen LogP contribution in [0.2, 0.25) is 0 Å². The lowest BCUT2D eigenvalue weighted by Gasteiger charge is -2.37. The molecular weight excluding hydrogens is 767 g/mol. The number of likely N-dealkylation sites (tertiary alicyclic amines) is 1. The molecule has 1 aliphatic carbocycles. The summed E-state index contributed by atoms with van der Waals surface area (Å²) < 4.78 is 31.6. The lowest BCUT2D eigenvalue weighted by Crippen LogP contribution is -2.62. The Kier molecular flexibility index (Phi) is 15.2. The molecule has 17 heteroatoms. The number of carbonyl (C=O) groups excluding carboxylic acids is 6. The highest BCUT2D eigenvalue weighted by Crippen LogP contribution is 2.32. The van der Waals surface area contributed by atoms with Crippen LogP contribution in [0.5, 0.6) is 0 Å². The molecule has 0 bridgehead atoms. The average molecular weight is 830 g/mol.